The molecule has 2 heteroatoms. The van der Waals surface area contributed by atoms with Gasteiger partial charge in [-0.1, -0.05) is 20.8 Å². The third kappa shape index (κ3) is 2.81. The van der Waals surface area contributed by atoms with Gasteiger partial charge >= 0.3 is 0 Å². The molecule has 0 radical (unpaired) electrons. The summed E-state index contributed by atoms with van der Waals surface area (Å²) in [6.45, 7) is 7.28. The van der Waals surface area contributed by atoms with Gasteiger partial charge in [-0.05, 0) is 29.7 Å². The van der Waals surface area contributed by atoms with Crippen LogP contribution in [0.2, 0.25) is 0 Å². The maximum absolute atomic E-state index is 5.48. The quantitative estimate of drug-likeness (QED) is 0.751. The van der Waals surface area contributed by atoms with Crippen molar-refractivity contribution in [3.8, 4) is 0 Å². The molecule has 2 N–H and O–H groups in total. The largest absolute Gasteiger partial charge is 0.330 e. The van der Waals surface area contributed by atoms with Crippen molar-refractivity contribution < 1.29 is 0 Å². The summed E-state index contributed by atoms with van der Waals surface area (Å²) in [6.07, 6.45) is 2.73. The van der Waals surface area contributed by atoms with E-state index < -0.39 is 0 Å². The lowest BCUT2D eigenvalue weighted by Crippen LogP contribution is -2.12. The molecule has 0 spiro atoms. The van der Waals surface area contributed by atoms with Crippen molar-refractivity contribution in [2.75, 3.05) is 6.54 Å². The number of hydrogen-bond donors (Lipinski definition) is 1. The predicted octanol–water partition coefficient (Wildman–Crippen LogP) is 1.88. The van der Waals surface area contributed by atoms with E-state index in [1.54, 1.807) is 0 Å². The van der Waals surface area contributed by atoms with E-state index in [-0.39, 0.29) is 5.41 Å². The Morgan fingerprint density at radius 2 is 2.08 bits per heavy atom. The smallest absolute Gasteiger partial charge is 0.0419 e. The van der Waals surface area contributed by atoms with Gasteiger partial charge in [0.15, 0.2) is 0 Å². The molecule has 0 bridgehead atoms. The van der Waals surface area contributed by atoms with Crippen LogP contribution in [0, 0.1) is 0 Å². The summed E-state index contributed by atoms with van der Waals surface area (Å²) in [5, 5.41) is 0. The third-order valence-electron chi connectivity index (χ3n) is 2.08. The van der Waals surface area contributed by atoms with E-state index in [0.29, 0.717) is 6.54 Å². The van der Waals surface area contributed by atoms with E-state index in [1.165, 1.54) is 5.56 Å². The second-order valence-corrected chi connectivity index (χ2v) is 4.32. The Morgan fingerprint density at radius 1 is 1.38 bits per heavy atom. The minimum absolute atomic E-state index is 0.201. The van der Waals surface area contributed by atoms with Gasteiger partial charge in [0.05, 0.1) is 0 Å². The molecule has 0 saturated carbocycles. The van der Waals surface area contributed by atoms with E-state index in [4.69, 9.17) is 5.73 Å². The Bertz CT molecular complexity index is 274. The monoisotopic (exact) mass is 178 g/mol. The zero-order chi connectivity index (χ0) is 9.90. The highest BCUT2D eigenvalue weighted by Crippen LogP contribution is 2.21. The van der Waals surface area contributed by atoms with Gasteiger partial charge in [0, 0.05) is 18.3 Å². The lowest BCUT2D eigenvalue weighted by Gasteiger charge is -2.19. The highest BCUT2D eigenvalue weighted by atomic mass is 14.7. The first-order valence-corrected chi connectivity index (χ1v) is 4.69. The van der Waals surface area contributed by atoms with Crippen molar-refractivity contribution in [3.63, 3.8) is 0 Å². The van der Waals surface area contributed by atoms with Gasteiger partial charge in [-0.25, -0.2) is 0 Å². The Hall–Kier alpha value is -0.890. The van der Waals surface area contributed by atoms with Crippen LogP contribution in [0.25, 0.3) is 0 Å². The molecule has 0 aliphatic carbocycles. The van der Waals surface area contributed by atoms with Crippen LogP contribution in [0.5, 0.6) is 0 Å². The SMILES string of the molecule is CC(C)(C)c1ccnc(CCN)c1. The molecule has 0 saturated heterocycles. The minimum Gasteiger partial charge on any atom is -0.330 e. The summed E-state index contributed by atoms with van der Waals surface area (Å²) in [5.74, 6) is 0. The van der Waals surface area contributed by atoms with Gasteiger partial charge in [-0.2, -0.15) is 0 Å². The fraction of sp³-hybridized carbons (Fsp3) is 0.545. The maximum atomic E-state index is 5.48. The molecule has 13 heavy (non-hydrogen) atoms. The molecule has 0 fully saturated rings. The number of rotatable bonds is 2. The summed E-state index contributed by atoms with van der Waals surface area (Å²) in [6, 6.07) is 4.22. The van der Waals surface area contributed by atoms with Crippen molar-refractivity contribution in [2.24, 2.45) is 5.73 Å². The second kappa shape index (κ2) is 3.88. The first-order chi connectivity index (χ1) is 6.04. The summed E-state index contributed by atoms with van der Waals surface area (Å²) < 4.78 is 0. The third-order valence-corrected chi connectivity index (χ3v) is 2.08. The Morgan fingerprint density at radius 3 is 2.62 bits per heavy atom. The van der Waals surface area contributed by atoms with Crippen LogP contribution in [-0.4, -0.2) is 11.5 Å². The van der Waals surface area contributed by atoms with E-state index >= 15 is 0 Å². The topological polar surface area (TPSA) is 38.9 Å². The van der Waals surface area contributed by atoms with Crippen LogP contribution in [0.3, 0.4) is 0 Å². The molecule has 0 atom stereocenters. The highest BCUT2D eigenvalue weighted by Gasteiger charge is 2.13. The average molecular weight is 178 g/mol. The van der Waals surface area contributed by atoms with Crippen LogP contribution < -0.4 is 5.73 Å². The van der Waals surface area contributed by atoms with Crippen molar-refractivity contribution in [3.05, 3.63) is 29.6 Å². The molecule has 0 unspecified atom stereocenters. The van der Waals surface area contributed by atoms with Crippen molar-refractivity contribution >= 4 is 0 Å². The van der Waals surface area contributed by atoms with Crippen LogP contribution >= 0.6 is 0 Å². The van der Waals surface area contributed by atoms with Crippen LogP contribution in [0.1, 0.15) is 32.0 Å². The molecule has 2 nitrogen and oxygen atoms in total. The van der Waals surface area contributed by atoms with Crippen LogP contribution in [0.15, 0.2) is 18.3 Å². The maximum Gasteiger partial charge on any atom is 0.0419 e. The molecular weight excluding hydrogens is 160 g/mol. The number of pyridine rings is 1. The predicted molar refractivity (Wildman–Crippen MR) is 55.7 cm³/mol. The highest BCUT2D eigenvalue weighted by molar-refractivity contribution is 5.23. The standard InChI is InChI=1S/C11H18N2/c1-11(2,3)9-5-7-13-10(8-9)4-6-12/h5,7-8H,4,6,12H2,1-3H3. The van der Waals surface area contributed by atoms with Gasteiger partial charge < -0.3 is 5.73 Å². The van der Waals surface area contributed by atoms with Crippen molar-refractivity contribution in [1.29, 1.82) is 0 Å². The first-order valence-electron chi connectivity index (χ1n) is 4.69. The Balaban J connectivity index is 2.92. The molecular formula is C11H18N2. The summed E-state index contributed by atoms with van der Waals surface area (Å²) in [5.41, 5.74) is 8.10. The zero-order valence-electron chi connectivity index (χ0n) is 8.67. The minimum atomic E-state index is 0.201. The number of hydrogen-bond acceptors (Lipinski definition) is 2. The van der Waals surface area contributed by atoms with Gasteiger partial charge in [0.2, 0.25) is 0 Å². The van der Waals surface area contributed by atoms with Crippen molar-refractivity contribution in [2.45, 2.75) is 32.6 Å². The molecule has 72 valence electrons. The molecule has 0 aliphatic rings. The molecule has 0 aliphatic heterocycles. The first kappa shape index (κ1) is 10.2. The van der Waals surface area contributed by atoms with E-state index in [1.807, 2.05) is 6.20 Å². The van der Waals surface area contributed by atoms with Gasteiger partial charge in [-0.3, -0.25) is 4.98 Å². The molecule has 1 aromatic rings. The lowest BCUT2D eigenvalue weighted by molar-refractivity contribution is 0.587. The summed E-state index contributed by atoms with van der Waals surface area (Å²) in [4.78, 5) is 4.26. The number of nitrogens with zero attached hydrogens (tertiary/aromatic N) is 1. The summed E-state index contributed by atoms with van der Waals surface area (Å²) in [7, 11) is 0. The van der Waals surface area contributed by atoms with Crippen molar-refractivity contribution in [1.82, 2.24) is 4.98 Å². The van der Waals surface area contributed by atoms with E-state index in [0.717, 1.165) is 12.1 Å². The number of aromatic nitrogens is 1. The normalized spacial score (nSPS) is 11.7. The fourth-order valence-electron chi connectivity index (χ4n) is 1.23. The Labute approximate surface area is 80.2 Å². The van der Waals surface area contributed by atoms with Gasteiger partial charge in [0.1, 0.15) is 0 Å². The van der Waals surface area contributed by atoms with Crippen LogP contribution in [0.4, 0.5) is 0 Å². The van der Waals surface area contributed by atoms with Crippen LogP contribution in [-0.2, 0) is 11.8 Å². The summed E-state index contributed by atoms with van der Waals surface area (Å²) >= 11 is 0. The molecule has 0 amide bonds. The van der Waals surface area contributed by atoms with Gasteiger partial charge in [0.25, 0.3) is 0 Å². The fourth-order valence-corrected chi connectivity index (χ4v) is 1.23. The van der Waals surface area contributed by atoms with E-state index in [9.17, 15) is 0 Å². The molecule has 0 aromatic carbocycles. The average Bonchev–Trinajstić information content (AvgIpc) is 2.04. The Kier molecular flexibility index (Phi) is 3.04. The molecule has 1 heterocycles. The lowest BCUT2D eigenvalue weighted by atomic mass is 9.87. The number of nitrogens with two attached hydrogens (primary N) is 1. The van der Waals surface area contributed by atoms with E-state index in [2.05, 4.69) is 37.9 Å². The zero-order valence-corrected chi connectivity index (χ0v) is 8.67. The molecule has 1 aromatic heterocycles. The van der Waals surface area contributed by atoms with Gasteiger partial charge in [-0.15, -0.1) is 0 Å². The molecule has 1 rings (SSSR count). The second-order valence-electron chi connectivity index (χ2n) is 4.32.